The number of carbonyl (C=O) groups excluding carboxylic acids is 2. The number of pyridine rings is 1. The van der Waals surface area contributed by atoms with Crippen LogP contribution in [0, 0.1) is 17.7 Å². The number of nitrogens with one attached hydrogen (secondary N) is 2. The van der Waals surface area contributed by atoms with Crippen LogP contribution in [0.4, 0.5) is 10.2 Å². The van der Waals surface area contributed by atoms with Crippen LogP contribution in [-0.4, -0.2) is 62.4 Å². The summed E-state index contributed by atoms with van der Waals surface area (Å²) in [5, 5.41) is 19.0. The van der Waals surface area contributed by atoms with Crippen molar-refractivity contribution >= 4 is 17.6 Å². The summed E-state index contributed by atoms with van der Waals surface area (Å²) < 4.78 is 18.8. The van der Waals surface area contributed by atoms with Crippen LogP contribution < -0.4 is 15.0 Å². The molecule has 0 saturated carbocycles. The summed E-state index contributed by atoms with van der Waals surface area (Å²) >= 11 is 0. The number of aromatic nitrogens is 4. The third-order valence-electron chi connectivity index (χ3n) is 5.01. The number of carbonyl (C=O) groups is 2. The monoisotopic (exact) mass is 478 g/mol. The summed E-state index contributed by atoms with van der Waals surface area (Å²) in [7, 11) is 1.52. The van der Waals surface area contributed by atoms with Gasteiger partial charge in [0.05, 0.1) is 0 Å². The molecule has 1 aliphatic heterocycles. The zero-order valence-electron chi connectivity index (χ0n) is 19.3. The molecule has 0 saturated heterocycles. The molecular formula is C24H23FN6O4. The van der Waals surface area contributed by atoms with Crippen LogP contribution in [0.1, 0.15) is 41.5 Å². The number of benzene rings is 1. The van der Waals surface area contributed by atoms with E-state index in [2.05, 4.69) is 37.3 Å². The van der Waals surface area contributed by atoms with Crippen molar-refractivity contribution in [2.75, 3.05) is 18.6 Å². The van der Waals surface area contributed by atoms with Crippen molar-refractivity contribution in [1.82, 2.24) is 25.5 Å². The number of hydrogen-bond acceptors (Lipinski definition) is 7. The van der Waals surface area contributed by atoms with Gasteiger partial charge in [-0.15, -0.1) is 5.10 Å². The van der Waals surface area contributed by atoms with E-state index in [9.17, 15) is 19.1 Å². The van der Waals surface area contributed by atoms with E-state index in [1.807, 2.05) is 0 Å². The molecule has 10 nitrogen and oxygen atoms in total. The van der Waals surface area contributed by atoms with Crippen LogP contribution in [0.3, 0.4) is 0 Å². The molecule has 1 aliphatic rings. The molecule has 0 fully saturated rings. The van der Waals surface area contributed by atoms with Crippen molar-refractivity contribution in [2.24, 2.45) is 0 Å². The first kappa shape index (κ1) is 23.8. The molecule has 180 valence electrons. The van der Waals surface area contributed by atoms with E-state index in [0.717, 1.165) is 5.56 Å². The molecule has 1 unspecified atom stereocenters. The van der Waals surface area contributed by atoms with Gasteiger partial charge >= 0.3 is 0 Å². The lowest BCUT2D eigenvalue weighted by Gasteiger charge is -2.19. The van der Waals surface area contributed by atoms with Gasteiger partial charge in [0, 0.05) is 13.5 Å². The number of aliphatic hydroxyl groups is 1. The van der Waals surface area contributed by atoms with Crippen LogP contribution in [0.15, 0.2) is 36.4 Å². The van der Waals surface area contributed by atoms with E-state index in [1.165, 1.54) is 24.1 Å². The van der Waals surface area contributed by atoms with Crippen molar-refractivity contribution in [3.05, 3.63) is 65.1 Å². The van der Waals surface area contributed by atoms with E-state index in [-0.39, 0.29) is 24.1 Å². The minimum Gasteiger partial charge on any atom is -0.487 e. The zero-order chi connectivity index (χ0) is 25.2. The molecule has 2 aromatic heterocycles. The molecule has 4 rings (SSSR count). The number of anilines is 1. The van der Waals surface area contributed by atoms with E-state index >= 15 is 0 Å². The average Bonchev–Trinajstić information content (AvgIpc) is 3.25. The molecule has 1 atom stereocenters. The Morgan fingerprint density at radius 1 is 1.29 bits per heavy atom. The molecule has 0 aliphatic carbocycles. The number of hydrogen-bond donors (Lipinski definition) is 3. The summed E-state index contributed by atoms with van der Waals surface area (Å²) in [6, 6.07) is 8.14. The van der Waals surface area contributed by atoms with Gasteiger partial charge in [0.2, 0.25) is 5.82 Å². The van der Waals surface area contributed by atoms with Gasteiger partial charge in [-0.3, -0.25) is 19.6 Å². The number of fused-ring (bicyclic) bond motifs is 1. The molecule has 2 amide bonds. The number of halogens is 1. The van der Waals surface area contributed by atoms with Crippen LogP contribution >= 0.6 is 0 Å². The Labute approximate surface area is 200 Å². The van der Waals surface area contributed by atoms with Gasteiger partial charge < -0.3 is 15.2 Å². The molecule has 0 bridgehead atoms. The standard InChI is InChI=1S/C24H23FN6O4/c1-24(2,34)11-10-16-8-9-18-21(26-16)31(3)23(33)17(13-35-18)27-22(32)20-28-19(29-30-20)12-14-4-6-15(25)7-5-14/h4-9,17,34H,12-13H2,1-3H3,(H,27,32)(H,28,29,30). The molecule has 11 heteroatoms. The molecular weight excluding hydrogens is 455 g/mol. The van der Waals surface area contributed by atoms with Crippen molar-refractivity contribution in [2.45, 2.75) is 31.9 Å². The Hall–Kier alpha value is -4.30. The van der Waals surface area contributed by atoms with E-state index in [0.29, 0.717) is 23.7 Å². The second-order valence-corrected chi connectivity index (χ2v) is 8.47. The number of H-pyrrole nitrogens is 1. The Morgan fingerprint density at radius 2 is 2.03 bits per heavy atom. The second kappa shape index (κ2) is 9.52. The van der Waals surface area contributed by atoms with Gasteiger partial charge in [0.1, 0.15) is 35.6 Å². The predicted octanol–water partition coefficient (Wildman–Crippen LogP) is 1.21. The van der Waals surface area contributed by atoms with Crippen LogP contribution in [-0.2, 0) is 11.2 Å². The van der Waals surface area contributed by atoms with Crippen molar-refractivity contribution in [3.63, 3.8) is 0 Å². The zero-order valence-corrected chi connectivity index (χ0v) is 19.3. The quantitative estimate of drug-likeness (QED) is 0.480. The van der Waals surface area contributed by atoms with Gasteiger partial charge in [-0.2, -0.15) is 0 Å². The normalized spacial score (nSPS) is 15.4. The Balaban J connectivity index is 1.45. The predicted molar refractivity (Wildman–Crippen MR) is 123 cm³/mol. The summed E-state index contributed by atoms with van der Waals surface area (Å²) in [5.41, 5.74) is -0.0484. The maximum absolute atomic E-state index is 13.1. The Bertz CT molecular complexity index is 1320. The molecule has 1 aromatic carbocycles. The number of amides is 2. The minimum absolute atomic E-state index is 0.120. The fraction of sp³-hybridized carbons (Fsp3) is 0.292. The fourth-order valence-corrected chi connectivity index (χ4v) is 3.26. The van der Waals surface area contributed by atoms with Gasteiger partial charge in [0.25, 0.3) is 11.8 Å². The summed E-state index contributed by atoms with van der Waals surface area (Å²) in [6.07, 6.45) is 0.328. The van der Waals surface area contributed by atoms with Crippen LogP contribution in [0.5, 0.6) is 5.75 Å². The number of likely N-dealkylation sites (N-methyl/N-ethyl adjacent to an activating group) is 1. The SMILES string of the molecule is CN1C(=O)C(NC(=O)c2n[nH]c(Cc3ccc(F)cc3)n2)COc2ccc(C#CC(C)(C)O)nc21. The molecule has 3 heterocycles. The minimum atomic E-state index is -1.19. The van der Waals surface area contributed by atoms with E-state index < -0.39 is 23.5 Å². The highest BCUT2D eigenvalue weighted by Crippen LogP contribution is 2.28. The first-order valence-electron chi connectivity index (χ1n) is 10.7. The summed E-state index contributed by atoms with van der Waals surface area (Å²) in [6.45, 7) is 2.98. The first-order valence-corrected chi connectivity index (χ1v) is 10.7. The molecule has 0 spiro atoms. The van der Waals surface area contributed by atoms with Gasteiger partial charge in [0.15, 0.2) is 11.6 Å². The maximum Gasteiger partial charge on any atom is 0.291 e. The van der Waals surface area contributed by atoms with E-state index in [4.69, 9.17) is 4.74 Å². The fourth-order valence-electron chi connectivity index (χ4n) is 3.26. The van der Waals surface area contributed by atoms with Crippen LogP contribution in [0.2, 0.25) is 0 Å². The van der Waals surface area contributed by atoms with Crippen molar-refractivity contribution in [3.8, 4) is 17.6 Å². The lowest BCUT2D eigenvalue weighted by atomic mass is 10.1. The first-order chi connectivity index (χ1) is 16.6. The van der Waals surface area contributed by atoms with Gasteiger partial charge in [-0.25, -0.2) is 14.4 Å². The number of nitrogens with zero attached hydrogens (tertiary/aromatic N) is 4. The Kier molecular flexibility index (Phi) is 6.48. The van der Waals surface area contributed by atoms with Crippen LogP contribution in [0.25, 0.3) is 0 Å². The van der Waals surface area contributed by atoms with Gasteiger partial charge in [-0.1, -0.05) is 18.1 Å². The molecule has 3 aromatic rings. The number of ether oxygens (including phenoxy) is 1. The highest BCUT2D eigenvalue weighted by Gasteiger charge is 2.32. The molecule has 35 heavy (non-hydrogen) atoms. The topological polar surface area (TPSA) is 133 Å². The third-order valence-corrected chi connectivity index (χ3v) is 5.01. The largest absolute Gasteiger partial charge is 0.487 e. The summed E-state index contributed by atoms with van der Waals surface area (Å²) in [4.78, 5) is 35.5. The van der Waals surface area contributed by atoms with E-state index in [1.54, 1.807) is 38.1 Å². The smallest absolute Gasteiger partial charge is 0.291 e. The second-order valence-electron chi connectivity index (χ2n) is 8.47. The maximum atomic E-state index is 13.1. The van der Waals surface area contributed by atoms with Gasteiger partial charge in [-0.05, 0) is 49.6 Å². The molecule has 3 N–H and O–H groups in total. The lowest BCUT2D eigenvalue weighted by Crippen LogP contribution is -2.49. The Morgan fingerprint density at radius 3 is 2.74 bits per heavy atom. The highest BCUT2D eigenvalue weighted by atomic mass is 19.1. The third kappa shape index (κ3) is 5.80. The van der Waals surface area contributed by atoms with Crippen molar-refractivity contribution < 1.29 is 23.8 Å². The average molecular weight is 478 g/mol. The van der Waals surface area contributed by atoms with Crippen molar-refractivity contribution in [1.29, 1.82) is 0 Å². The highest BCUT2D eigenvalue weighted by molar-refractivity contribution is 6.01. The number of rotatable bonds is 4. The number of aromatic amines is 1. The lowest BCUT2D eigenvalue weighted by molar-refractivity contribution is -0.120. The summed E-state index contributed by atoms with van der Waals surface area (Å²) in [5.74, 6) is 4.86. The molecule has 0 radical (unpaired) electrons.